The van der Waals surface area contributed by atoms with E-state index in [0.29, 0.717) is 21.1 Å². The van der Waals surface area contributed by atoms with Gasteiger partial charge in [0, 0.05) is 16.0 Å². The van der Waals surface area contributed by atoms with Crippen molar-refractivity contribution in [1.29, 1.82) is 0 Å². The van der Waals surface area contributed by atoms with E-state index in [1.165, 1.54) is 24.6 Å². The van der Waals surface area contributed by atoms with Crippen molar-refractivity contribution in [1.82, 2.24) is 9.97 Å². The van der Waals surface area contributed by atoms with E-state index in [-0.39, 0.29) is 10.5 Å². The average molecular weight is 397 g/mol. The Morgan fingerprint density at radius 2 is 2.19 bits per heavy atom. The van der Waals surface area contributed by atoms with Gasteiger partial charge in [-0.2, -0.15) is 0 Å². The summed E-state index contributed by atoms with van der Waals surface area (Å²) < 4.78 is 18.4. The zero-order valence-electron chi connectivity index (χ0n) is 13.7. The number of carbonyl (C=O) groups is 1. The summed E-state index contributed by atoms with van der Waals surface area (Å²) in [6.07, 6.45) is 0.870. The number of benzene rings is 1. The molecule has 26 heavy (non-hydrogen) atoms. The molecule has 0 unspecified atom stereocenters. The van der Waals surface area contributed by atoms with Crippen LogP contribution in [-0.2, 0) is 4.74 Å². The standard InChI is InChI=1S/C16H14ClFN4O3S/c1-7(20-15-19-6-12(26-15)21-16(24)25-2)10-4-8-3-9(17)5-11(18)13(8)22-14(10)23/h3-7H,1-2H3,(H,19,20)(H,21,24)(H,22,23)/t7-/m0/s1. The molecule has 1 amide bonds. The van der Waals surface area contributed by atoms with Gasteiger partial charge < -0.3 is 15.0 Å². The zero-order chi connectivity index (χ0) is 18.8. The summed E-state index contributed by atoms with van der Waals surface area (Å²) in [5, 5.41) is 7.30. The molecule has 0 saturated heterocycles. The van der Waals surface area contributed by atoms with Crippen LogP contribution < -0.4 is 16.2 Å². The van der Waals surface area contributed by atoms with E-state index in [1.54, 1.807) is 19.1 Å². The number of methoxy groups -OCH3 is 1. The normalized spacial score (nSPS) is 12.0. The molecule has 10 heteroatoms. The molecule has 1 atom stereocenters. The third-order valence-corrected chi connectivity index (χ3v) is 4.68. The maximum Gasteiger partial charge on any atom is 0.412 e. The minimum absolute atomic E-state index is 0.106. The monoisotopic (exact) mass is 396 g/mol. The Morgan fingerprint density at radius 1 is 1.42 bits per heavy atom. The number of hydrogen-bond acceptors (Lipinski definition) is 6. The average Bonchev–Trinajstić information content (AvgIpc) is 3.01. The van der Waals surface area contributed by atoms with E-state index in [0.717, 1.165) is 6.07 Å². The van der Waals surface area contributed by atoms with Gasteiger partial charge in [0.1, 0.15) is 10.8 Å². The van der Waals surface area contributed by atoms with E-state index in [9.17, 15) is 14.0 Å². The van der Waals surface area contributed by atoms with Gasteiger partial charge in [-0.1, -0.05) is 22.9 Å². The number of halogens is 2. The molecule has 7 nitrogen and oxygen atoms in total. The molecule has 3 N–H and O–H groups in total. The van der Waals surface area contributed by atoms with Gasteiger partial charge in [-0.25, -0.2) is 14.2 Å². The number of aromatic amines is 1. The Morgan fingerprint density at radius 3 is 2.92 bits per heavy atom. The molecule has 136 valence electrons. The van der Waals surface area contributed by atoms with Crippen molar-refractivity contribution < 1.29 is 13.9 Å². The highest BCUT2D eigenvalue weighted by molar-refractivity contribution is 7.19. The number of amides is 1. The fraction of sp³-hybridized carbons (Fsp3) is 0.188. The Kier molecular flexibility index (Phi) is 5.10. The molecule has 0 aliphatic heterocycles. The summed E-state index contributed by atoms with van der Waals surface area (Å²) in [4.78, 5) is 30.2. The molecule has 2 aromatic heterocycles. The second-order valence-electron chi connectivity index (χ2n) is 5.42. The fourth-order valence-electron chi connectivity index (χ4n) is 2.39. The quantitative estimate of drug-likeness (QED) is 0.616. The van der Waals surface area contributed by atoms with Gasteiger partial charge in [-0.15, -0.1) is 0 Å². The highest BCUT2D eigenvalue weighted by Crippen LogP contribution is 2.28. The lowest BCUT2D eigenvalue weighted by Gasteiger charge is -2.13. The minimum Gasteiger partial charge on any atom is -0.453 e. The van der Waals surface area contributed by atoms with E-state index in [4.69, 9.17) is 11.6 Å². The largest absolute Gasteiger partial charge is 0.453 e. The van der Waals surface area contributed by atoms with Gasteiger partial charge in [0.25, 0.3) is 5.56 Å². The van der Waals surface area contributed by atoms with Gasteiger partial charge in [0.2, 0.25) is 0 Å². The summed E-state index contributed by atoms with van der Waals surface area (Å²) in [6.45, 7) is 1.77. The van der Waals surface area contributed by atoms with E-state index >= 15 is 0 Å². The zero-order valence-corrected chi connectivity index (χ0v) is 15.3. The van der Waals surface area contributed by atoms with Crippen LogP contribution in [0.1, 0.15) is 18.5 Å². The number of fused-ring (bicyclic) bond motifs is 1. The summed E-state index contributed by atoms with van der Waals surface area (Å²) in [5.41, 5.74) is 0.0918. The molecule has 0 bridgehead atoms. The van der Waals surface area contributed by atoms with Crippen LogP contribution in [0.4, 0.5) is 19.3 Å². The lowest BCUT2D eigenvalue weighted by molar-refractivity contribution is 0.187. The number of nitrogens with zero attached hydrogens (tertiary/aromatic N) is 1. The number of nitrogens with one attached hydrogen (secondary N) is 3. The van der Waals surface area contributed by atoms with Gasteiger partial charge >= 0.3 is 6.09 Å². The molecular weight excluding hydrogens is 383 g/mol. The third kappa shape index (κ3) is 3.78. The number of rotatable bonds is 4. The Bertz CT molecular complexity index is 1040. The summed E-state index contributed by atoms with van der Waals surface area (Å²) in [7, 11) is 1.26. The molecule has 0 aliphatic rings. The number of anilines is 2. The number of H-pyrrole nitrogens is 1. The molecule has 3 rings (SSSR count). The predicted octanol–water partition coefficient (Wildman–Crippen LogP) is 4.13. The summed E-state index contributed by atoms with van der Waals surface area (Å²) in [5.74, 6) is -0.588. The molecule has 2 heterocycles. The topological polar surface area (TPSA) is 96.1 Å². The molecule has 1 aromatic carbocycles. The second-order valence-corrected chi connectivity index (χ2v) is 6.88. The van der Waals surface area contributed by atoms with Crippen molar-refractivity contribution >= 4 is 50.1 Å². The first-order valence-corrected chi connectivity index (χ1v) is 8.66. The first-order valence-electron chi connectivity index (χ1n) is 7.46. The van der Waals surface area contributed by atoms with Crippen molar-refractivity contribution in [3.05, 3.63) is 51.2 Å². The molecule has 0 radical (unpaired) electrons. The van der Waals surface area contributed by atoms with Crippen LogP contribution in [0.3, 0.4) is 0 Å². The number of hydrogen-bond donors (Lipinski definition) is 3. The van der Waals surface area contributed by atoms with Crippen molar-refractivity contribution in [3.8, 4) is 0 Å². The van der Waals surface area contributed by atoms with Crippen LogP contribution in [-0.4, -0.2) is 23.2 Å². The maximum absolute atomic E-state index is 13.9. The van der Waals surface area contributed by atoms with Crippen LogP contribution in [0, 0.1) is 5.82 Å². The predicted molar refractivity (Wildman–Crippen MR) is 99.7 cm³/mol. The van der Waals surface area contributed by atoms with Gasteiger partial charge in [0.05, 0.1) is 24.9 Å². The molecule has 3 aromatic rings. The SMILES string of the molecule is COC(=O)Nc1cnc(N[C@@H](C)c2cc3cc(Cl)cc(F)c3[nH]c2=O)s1. The second kappa shape index (κ2) is 7.30. The van der Waals surface area contributed by atoms with Gasteiger partial charge in [0.15, 0.2) is 5.13 Å². The minimum atomic E-state index is -0.599. The molecule has 0 fully saturated rings. The molecule has 0 saturated carbocycles. The number of aromatic nitrogens is 2. The van der Waals surface area contributed by atoms with Crippen molar-refractivity contribution in [3.63, 3.8) is 0 Å². The fourth-order valence-corrected chi connectivity index (χ4v) is 3.40. The first kappa shape index (κ1) is 18.2. The Balaban J connectivity index is 1.86. The number of carbonyl (C=O) groups excluding carboxylic acids is 1. The summed E-state index contributed by atoms with van der Waals surface area (Å²) >= 11 is 7.07. The van der Waals surface area contributed by atoms with Crippen molar-refractivity contribution in [2.75, 3.05) is 17.7 Å². The maximum atomic E-state index is 13.9. The summed E-state index contributed by atoms with van der Waals surface area (Å²) in [6, 6.07) is 3.89. The lowest BCUT2D eigenvalue weighted by atomic mass is 10.1. The van der Waals surface area contributed by atoms with Crippen LogP contribution in [0.5, 0.6) is 0 Å². The van der Waals surface area contributed by atoms with Gasteiger partial charge in [-0.3, -0.25) is 10.1 Å². The van der Waals surface area contributed by atoms with Crippen LogP contribution in [0.25, 0.3) is 10.9 Å². The number of pyridine rings is 1. The Labute approximate surface area is 156 Å². The highest BCUT2D eigenvalue weighted by Gasteiger charge is 2.15. The number of ether oxygens (including phenoxy) is 1. The van der Waals surface area contributed by atoms with Crippen LogP contribution in [0.2, 0.25) is 5.02 Å². The van der Waals surface area contributed by atoms with E-state index in [2.05, 4.69) is 25.3 Å². The first-order chi connectivity index (χ1) is 12.4. The van der Waals surface area contributed by atoms with Crippen molar-refractivity contribution in [2.24, 2.45) is 0 Å². The van der Waals surface area contributed by atoms with Crippen molar-refractivity contribution in [2.45, 2.75) is 13.0 Å². The number of thiazole rings is 1. The lowest BCUT2D eigenvalue weighted by Crippen LogP contribution is -2.19. The highest BCUT2D eigenvalue weighted by atomic mass is 35.5. The van der Waals surface area contributed by atoms with Crippen LogP contribution in [0.15, 0.2) is 29.2 Å². The van der Waals surface area contributed by atoms with E-state index in [1.807, 2.05) is 0 Å². The molecule has 0 spiro atoms. The molecule has 0 aliphatic carbocycles. The van der Waals surface area contributed by atoms with E-state index < -0.39 is 23.5 Å². The third-order valence-electron chi connectivity index (χ3n) is 3.62. The Hall–Kier alpha value is -2.65. The molecular formula is C16H14ClFN4O3S. The van der Waals surface area contributed by atoms with Crippen LogP contribution >= 0.6 is 22.9 Å². The van der Waals surface area contributed by atoms with Gasteiger partial charge in [-0.05, 0) is 25.1 Å². The smallest absolute Gasteiger partial charge is 0.412 e.